The number of nitrogens with zero attached hydrogens (tertiary/aromatic N) is 1. The van der Waals surface area contributed by atoms with E-state index >= 15 is 0 Å². The molecule has 1 heterocycles. The maximum atomic E-state index is 14.1. The van der Waals surface area contributed by atoms with E-state index in [0.717, 1.165) is 5.56 Å². The number of hydrogen-bond donors (Lipinski definition) is 0. The molecule has 7 heteroatoms. The van der Waals surface area contributed by atoms with Gasteiger partial charge >= 0.3 is 0 Å². The fourth-order valence-corrected chi connectivity index (χ4v) is 4.92. The van der Waals surface area contributed by atoms with Gasteiger partial charge in [0.05, 0.1) is 11.5 Å². The Morgan fingerprint density at radius 3 is 2.67 bits per heavy atom. The lowest BCUT2D eigenvalue weighted by atomic mass is 10.1. The van der Waals surface area contributed by atoms with Crippen LogP contribution in [0.1, 0.15) is 17.5 Å². The molecule has 2 aromatic rings. The third-order valence-corrected chi connectivity index (χ3v) is 6.37. The van der Waals surface area contributed by atoms with E-state index in [9.17, 15) is 17.6 Å². The van der Waals surface area contributed by atoms with Crippen LogP contribution in [-0.2, 0) is 21.2 Å². The molecule has 0 N–H and O–H groups in total. The van der Waals surface area contributed by atoms with Crippen LogP contribution in [0.5, 0.6) is 5.75 Å². The van der Waals surface area contributed by atoms with Gasteiger partial charge < -0.3 is 9.64 Å². The standard InChI is InChI=1S/C20H22FNO4S/c1-15-5-4-7-18(11-15)26-13-20(23)22(17-9-10-27(24,25)14-17)12-16-6-2-3-8-19(16)21/h2-8,11,17H,9-10,12-14H2,1H3. The summed E-state index contributed by atoms with van der Waals surface area (Å²) < 4.78 is 43.4. The molecule has 27 heavy (non-hydrogen) atoms. The second kappa shape index (κ2) is 8.08. The van der Waals surface area contributed by atoms with E-state index in [1.807, 2.05) is 25.1 Å². The Hall–Kier alpha value is -2.41. The molecule has 1 saturated heterocycles. The van der Waals surface area contributed by atoms with Gasteiger partial charge in [0.15, 0.2) is 16.4 Å². The number of sulfone groups is 1. The molecule has 144 valence electrons. The summed E-state index contributed by atoms with van der Waals surface area (Å²) in [6.07, 6.45) is 0.354. The van der Waals surface area contributed by atoms with Crippen molar-refractivity contribution in [1.29, 1.82) is 0 Å². The molecule has 0 aromatic heterocycles. The summed E-state index contributed by atoms with van der Waals surface area (Å²) in [5.74, 6) is -0.277. The van der Waals surface area contributed by atoms with Gasteiger partial charge in [-0.1, -0.05) is 30.3 Å². The van der Waals surface area contributed by atoms with Crippen molar-refractivity contribution in [1.82, 2.24) is 4.90 Å². The summed E-state index contributed by atoms with van der Waals surface area (Å²) in [6.45, 7) is 1.71. The molecule has 2 aromatic carbocycles. The third-order valence-electron chi connectivity index (χ3n) is 4.62. The first-order valence-electron chi connectivity index (χ1n) is 8.77. The lowest BCUT2D eigenvalue weighted by Gasteiger charge is -2.28. The first-order valence-corrected chi connectivity index (χ1v) is 10.6. The zero-order valence-corrected chi connectivity index (χ0v) is 15.9. The van der Waals surface area contributed by atoms with Gasteiger partial charge in [0.2, 0.25) is 0 Å². The van der Waals surface area contributed by atoms with Crippen molar-refractivity contribution in [3.05, 3.63) is 65.5 Å². The molecule has 1 aliphatic rings. The molecule has 0 aliphatic carbocycles. The molecule has 0 radical (unpaired) electrons. The first-order chi connectivity index (χ1) is 12.8. The van der Waals surface area contributed by atoms with Gasteiger partial charge in [-0.05, 0) is 37.1 Å². The second-order valence-corrected chi connectivity index (χ2v) is 9.00. The predicted molar refractivity (Wildman–Crippen MR) is 101 cm³/mol. The molecule has 1 aliphatic heterocycles. The summed E-state index contributed by atoms with van der Waals surface area (Å²) in [7, 11) is -3.18. The Bertz CT molecular complexity index is 929. The fraction of sp³-hybridized carbons (Fsp3) is 0.350. The number of ether oxygens (including phenoxy) is 1. The van der Waals surface area contributed by atoms with Gasteiger partial charge in [-0.3, -0.25) is 4.79 Å². The zero-order valence-electron chi connectivity index (χ0n) is 15.1. The number of hydrogen-bond acceptors (Lipinski definition) is 4. The maximum absolute atomic E-state index is 14.1. The lowest BCUT2D eigenvalue weighted by Crippen LogP contribution is -2.43. The van der Waals surface area contributed by atoms with Crippen molar-refractivity contribution in [3.8, 4) is 5.75 Å². The minimum absolute atomic E-state index is 0.0167. The summed E-state index contributed by atoms with van der Waals surface area (Å²) in [5, 5.41) is 0. The van der Waals surface area contributed by atoms with Crippen LogP contribution in [0.4, 0.5) is 4.39 Å². The fourth-order valence-electron chi connectivity index (χ4n) is 3.19. The highest BCUT2D eigenvalue weighted by Gasteiger charge is 2.35. The number of benzene rings is 2. The number of aryl methyl sites for hydroxylation is 1. The van der Waals surface area contributed by atoms with E-state index in [2.05, 4.69) is 0 Å². The third kappa shape index (κ3) is 5.07. The number of amides is 1. The quantitative estimate of drug-likeness (QED) is 0.760. The minimum atomic E-state index is -3.18. The average Bonchev–Trinajstić information content (AvgIpc) is 2.98. The largest absolute Gasteiger partial charge is 0.484 e. The number of halogens is 1. The van der Waals surface area contributed by atoms with E-state index in [4.69, 9.17) is 4.74 Å². The van der Waals surface area contributed by atoms with Crippen LogP contribution in [0.15, 0.2) is 48.5 Å². The second-order valence-electron chi connectivity index (χ2n) is 6.78. The number of rotatable bonds is 6. The minimum Gasteiger partial charge on any atom is -0.484 e. The monoisotopic (exact) mass is 391 g/mol. The summed E-state index contributed by atoms with van der Waals surface area (Å²) >= 11 is 0. The Kier molecular flexibility index (Phi) is 5.79. The van der Waals surface area contributed by atoms with E-state index < -0.39 is 21.7 Å². The van der Waals surface area contributed by atoms with E-state index in [0.29, 0.717) is 17.7 Å². The molecule has 1 unspecified atom stereocenters. The lowest BCUT2D eigenvalue weighted by molar-refractivity contribution is -0.136. The Morgan fingerprint density at radius 2 is 2.00 bits per heavy atom. The van der Waals surface area contributed by atoms with Crippen LogP contribution < -0.4 is 4.74 Å². The first kappa shape index (κ1) is 19.4. The van der Waals surface area contributed by atoms with E-state index in [1.54, 1.807) is 24.3 Å². The van der Waals surface area contributed by atoms with Crippen LogP contribution in [0.2, 0.25) is 0 Å². The normalized spacial score (nSPS) is 18.2. The SMILES string of the molecule is Cc1cccc(OCC(=O)N(Cc2ccccc2F)C2CCS(=O)(=O)C2)c1. The summed E-state index contributed by atoms with van der Waals surface area (Å²) in [5.41, 5.74) is 1.36. The van der Waals surface area contributed by atoms with Gasteiger partial charge in [-0.2, -0.15) is 0 Å². The van der Waals surface area contributed by atoms with Crippen molar-refractivity contribution in [2.24, 2.45) is 0 Å². The van der Waals surface area contributed by atoms with Gasteiger partial charge in [-0.15, -0.1) is 0 Å². The molecule has 1 atom stereocenters. The van der Waals surface area contributed by atoms with Crippen LogP contribution in [0, 0.1) is 12.7 Å². The zero-order chi connectivity index (χ0) is 19.4. The Morgan fingerprint density at radius 1 is 1.22 bits per heavy atom. The van der Waals surface area contributed by atoms with Gasteiger partial charge in [0.1, 0.15) is 11.6 Å². The van der Waals surface area contributed by atoms with E-state index in [-0.39, 0.29) is 30.6 Å². The van der Waals surface area contributed by atoms with E-state index in [1.165, 1.54) is 11.0 Å². The molecular weight excluding hydrogens is 369 g/mol. The summed E-state index contributed by atoms with van der Waals surface area (Å²) in [4.78, 5) is 14.2. The molecule has 1 fully saturated rings. The van der Waals surface area contributed by atoms with Crippen LogP contribution >= 0.6 is 0 Å². The average molecular weight is 391 g/mol. The van der Waals surface area contributed by atoms with Crippen molar-refractivity contribution in [2.45, 2.75) is 25.9 Å². The highest BCUT2D eigenvalue weighted by atomic mass is 32.2. The molecule has 0 spiro atoms. The molecule has 5 nitrogen and oxygen atoms in total. The predicted octanol–water partition coefficient (Wildman–Crippen LogP) is 2.73. The van der Waals surface area contributed by atoms with Gasteiger partial charge in [-0.25, -0.2) is 12.8 Å². The molecular formula is C20H22FNO4S. The molecule has 0 bridgehead atoms. The van der Waals surface area contributed by atoms with Crippen molar-refractivity contribution in [2.75, 3.05) is 18.1 Å². The highest BCUT2D eigenvalue weighted by Crippen LogP contribution is 2.22. The van der Waals surface area contributed by atoms with Crippen molar-refractivity contribution in [3.63, 3.8) is 0 Å². The van der Waals surface area contributed by atoms with Crippen LogP contribution in [0.3, 0.4) is 0 Å². The van der Waals surface area contributed by atoms with Gasteiger partial charge in [0, 0.05) is 18.2 Å². The number of carbonyl (C=O) groups is 1. The molecule has 3 rings (SSSR count). The topological polar surface area (TPSA) is 63.7 Å². The smallest absolute Gasteiger partial charge is 0.261 e. The molecule has 1 amide bonds. The Labute approximate surface area is 158 Å². The van der Waals surface area contributed by atoms with Gasteiger partial charge in [0.25, 0.3) is 5.91 Å². The maximum Gasteiger partial charge on any atom is 0.261 e. The van der Waals surface area contributed by atoms with Crippen molar-refractivity contribution >= 4 is 15.7 Å². The number of carbonyl (C=O) groups excluding carboxylic acids is 1. The van der Waals surface area contributed by atoms with Crippen LogP contribution in [-0.4, -0.2) is 43.4 Å². The highest BCUT2D eigenvalue weighted by molar-refractivity contribution is 7.91. The summed E-state index contributed by atoms with van der Waals surface area (Å²) in [6, 6.07) is 13.0. The van der Waals surface area contributed by atoms with Crippen LogP contribution in [0.25, 0.3) is 0 Å². The molecule has 0 saturated carbocycles. The Balaban J connectivity index is 1.76. The van der Waals surface area contributed by atoms with Crippen molar-refractivity contribution < 1.29 is 22.3 Å².